The number of halogens is 1. The first-order valence-electron chi connectivity index (χ1n) is 7.20. The minimum absolute atomic E-state index is 0.0304. The highest BCUT2D eigenvalue weighted by Crippen LogP contribution is 2.22. The molecule has 116 valence electrons. The van der Waals surface area contributed by atoms with E-state index in [0.717, 1.165) is 0 Å². The number of anilines is 1. The number of nitrogens with one attached hydrogen (secondary N) is 2. The van der Waals surface area contributed by atoms with Crippen LogP contribution in [0.25, 0.3) is 10.9 Å². The zero-order valence-corrected chi connectivity index (χ0v) is 12.5. The third kappa shape index (κ3) is 3.13. The van der Waals surface area contributed by atoms with Crippen molar-refractivity contribution < 1.29 is 14.0 Å². The van der Waals surface area contributed by atoms with Crippen LogP contribution in [0.15, 0.2) is 48.7 Å². The highest BCUT2D eigenvalue weighted by atomic mass is 19.1. The number of rotatable bonds is 4. The van der Waals surface area contributed by atoms with E-state index >= 15 is 0 Å². The first kappa shape index (κ1) is 15.0. The van der Waals surface area contributed by atoms with E-state index in [9.17, 15) is 14.0 Å². The van der Waals surface area contributed by atoms with Gasteiger partial charge < -0.3 is 10.3 Å². The van der Waals surface area contributed by atoms with Crippen molar-refractivity contribution >= 4 is 28.3 Å². The molecule has 1 aromatic heterocycles. The van der Waals surface area contributed by atoms with E-state index in [1.165, 1.54) is 13.0 Å². The SMILES string of the molecule is CC(=O)c1ccc(NC(=O)Cc2c[nH]c3cccc(F)c23)cc1. The molecule has 0 bridgehead atoms. The number of H-pyrrole nitrogens is 1. The molecule has 0 aliphatic rings. The third-order valence-corrected chi connectivity index (χ3v) is 3.66. The van der Waals surface area contributed by atoms with Crippen LogP contribution in [0.4, 0.5) is 10.1 Å². The number of hydrogen-bond acceptors (Lipinski definition) is 2. The summed E-state index contributed by atoms with van der Waals surface area (Å²) in [6.45, 7) is 1.49. The summed E-state index contributed by atoms with van der Waals surface area (Å²) in [6, 6.07) is 11.4. The Kier molecular flexibility index (Phi) is 3.93. The van der Waals surface area contributed by atoms with Crippen LogP contribution in [-0.2, 0) is 11.2 Å². The van der Waals surface area contributed by atoms with E-state index in [0.29, 0.717) is 27.7 Å². The lowest BCUT2D eigenvalue weighted by Crippen LogP contribution is -2.14. The third-order valence-electron chi connectivity index (χ3n) is 3.66. The number of amides is 1. The Hall–Kier alpha value is -2.95. The Balaban J connectivity index is 1.75. The summed E-state index contributed by atoms with van der Waals surface area (Å²) in [5.41, 5.74) is 2.46. The summed E-state index contributed by atoms with van der Waals surface area (Å²) < 4.78 is 13.9. The average Bonchev–Trinajstić information content (AvgIpc) is 2.92. The molecule has 0 radical (unpaired) electrons. The van der Waals surface area contributed by atoms with E-state index < -0.39 is 0 Å². The van der Waals surface area contributed by atoms with Crippen LogP contribution < -0.4 is 5.32 Å². The molecule has 2 aromatic carbocycles. The predicted octanol–water partition coefficient (Wildman–Crippen LogP) is 3.69. The molecule has 4 nitrogen and oxygen atoms in total. The Labute approximate surface area is 132 Å². The quantitative estimate of drug-likeness (QED) is 0.722. The van der Waals surface area contributed by atoms with Crippen LogP contribution in [-0.4, -0.2) is 16.7 Å². The fourth-order valence-corrected chi connectivity index (χ4v) is 2.51. The molecule has 2 N–H and O–H groups in total. The summed E-state index contributed by atoms with van der Waals surface area (Å²) in [5, 5.41) is 3.18. The van der Waals surface area contributed by atoms with Crippen molar-refractivity contribution in [3.05, 3.63) is 65.6 Å². The number of benzene rings is 2. The molecule has 1 amide bonds. The van der Waals surface area contributed by atoms with Crippen molar-refractivity contribution in [1.29, 1.82) is 0 Å². The van der Waals surface area contributed by atoms with Gasteiger partial charge in [-0.1, -0.05) is 6.07 Å². The van der Waals surface area contributed by atoms with Gasteiger partial charge in [0.25, 0.3) is 0 Å². The normalized spacial score (nSPS) is 10.7. The van der Waals surface area contributed by atoms with Gasteiger partial charge in [-0.05, 0) is 48.9 Å². The van der Waals surface area contributed by atoms with Gasteiger partial charge >= 0.3 is 0 Å². The minimum Gasteiger partial charge on any atom is -0.361 e. The number of Topliss-reactive ketones (excluding diaryl/α,β-unsaturated/α-hetero) is 1. The molecule has 0 aliphatic carbocycles. The van der Waals surface area contributed by atoms with Gasteiger partial charge in [0, 0.05) is 28.4 Å². The maximum absolute atomic E-state index is 13.9. The first-order chi connectivity index (χ1) is 11.0. The highest BCUT2D eigenvalue weighted by molar-refractivity contribution is 5.97. The fraction of sp³-hybridized carbons (Fsp3) is 0.111. The molecular weight excluding hydrogens is 295 g/mol. The van der Waals surface area contributed by atoms with Crippen LogP contribution in [0, 0.1) is 5.82 Å². The highest BCUT2D eigenvalue weighted by Gasteiger charge is 2.12. The topological polar surface area (TPSA) is 62.0 Å². The summed E-state index contributed by atoms with van der Waals surface area (Å²) >= 11 is 0. The minimum atomic E-state index is -0.350. The maximum atomic E-state index is 13.9. The lowest BCUT2D eigenvalue weighted by molar-refractivity contribution is -0.115. The largest absolute Gasteiger partial charge is 0.361 e. The van der Waals surface area contributed by atoms with Gasteiger partial charge in [-0.2, -0.15) is 0 Å². The van der Waals surface area contributed by atoms with Gasteiger partial charge in [-0.3, -0.25) is 9.59 Å². The monoisotopic (exact) mass is 310 g/mol. The molecule has 23 heavy (non-hydrogen) atoms. The van der Waals surface area contributed by atoms with Crippen LogP contribution in [0.2, 0.25) is 0 Å². The Morgan fingerprint density at radius 1 is 1.13 bits per heavy atom. The number of carbonyl (C=O) groups excluding carboxylic acids is 2. The molecule has 1 heterocycles. The van der Waals surface area contributed by atoms with Crippen LogP contribution in [0.3, 0.4) is 0 Å². The Bertz CT molecular complexity index is 882. The zero-order chi connectivity index (χ0) is 16.4. The number of ketones is 1. The smallest absolute Gasteiger partial charge is 0.228 e. The van der Waals surface area contributed by atoms with E-state index in [4.69, 9.17) is 0 Å². The second-order valence-electron chi connectivity index (χ2n) is 5.33. The van der Waals surface area contributed by atoms with Crippen LogP contribution in [0.1, 0.15) is 22.8 Å². The van der Waals surface area contributed by atoms with Crippen molar-refractivity contribution in [2.24, 2.45) is 0 Å². The lowest BCUT2D eigenvalue weighted by Gasteiger charge is -2.05. The van der Waals surface area contributed by atoms with Crippen molar-refractivity contribution in [1.82, 2.24) is 4.98 Å². The average molecular weight is 310 g/mol. The molecular formula is C18H15FN2O2. The molecule has 3 rings (SSSR count). The summed E-state index contributed by atoms with van der Waals surface area (Å²) in [4.78, 5) is 26.3. The molecule has 0 saturated heterocycles. The Morgan fingerprint density at radius 2 is 1.87 bits per heavy atom. The standard InChI is InChI=1S/C18H15FN2O2/c1-11(22)12-5-7-14(8-6-12)21-17(23)9-13-10-20-16-4-2-3-15(19)18(13)16/h2-8,10,20H,9H2,1H3,(H,21,23). The zero-order valence-electron chi connectivity index (χ0n) is 12.5. The molecule has 5 heteroatoms. The van der Waals surface area contributed by atoms with Gasteiger partial charge in [-0.15, -0.1) is 0 Å². The van der Waals surface area contributed by atoms with Gasteiger partial charge in [-0.25, -0.2) is 4.39 Å². The molecule has 3 aromatic rings. The number of fused-ring (bicyclic) bond motifs is 1. The van der Waals surface area contributed by atoms with E-state index in [-0.39, 0.29) is 23.9 Å². The van der Waals surface area contributed by atoms with Gasteiger partial charge in [0.15, 0.2) is 5.78 Å². The molecule has 0 aliphatic heterocycles. The second kappa shape index (κ2) is 6.04. The molecule has 0 atom stereocenters. The fourth-order valence-electron chi connectivity index (χ4n) is 2.51. The van der Waals surface area contributed by atoms with E-state index in [1.54, 1.807) is 42.6 Å². The summed E-state index contributed by atoms with van der Waals surface area (Å²) in [5.74, 6) is -0.626. The van der Waals surface area contributed by atoms with Gasteiger partial charge in [0.1, 0.15) is 5.82 Å². The van der Waals surface area contributed by atoms with Gasteiger partial charge in [0.2, 0.25) is 5.91 Å². The van der Waals surface area contributed by atoms with Crippen molar-refractivity contribution in [3.8, 4) is 0 Å². The van der Waals surface area contributed by atoms with Crippen LogP contribution >= 0.6 is 0 Å². The van der Waals surface area contributed by atoms with Crippen molar-refractivity contribution in [3.63, 3.8) is 0 Å². The second-order valence-corrected chi connectivity index (χ2v) is 5.33. The number of aromatic nitrogens is 1. The van der Waals surface area contributed by atoms with Gasteiger partial charge in [0.05, 0.1) is 6.42 Å². The number of aromatic amines is 1. The summed E-state index contributed by atoms with van der Waals surface area (Å²) in [6.07, 6.45) is 1.71. The molecule has 0 saturated carbocycles. The lowest BCUT2D eigenvalue weighted by atomic mass is 10.1. The predicted molar refractivity (Wildman–Crippen MR) is 87.0 cm³/mol. The van der Waals surface area contributed by atoms with Crippen molar-refractivity contribution in [2.45, 2.75) is 13.3 Å². The maximum Gasteiger partial charge on any atom is 0.228 e. The number of carbonyl (C=O) groups is 2. The van der Waals surface area contributed by atoms with Crippen LogP contribution in [0.5, 0.6) is 0 Å². The van der Waals surface area contributed by atoms with E-state index in [1.807, 2.05) is 0 Å². The molecule has 0 fully saturated rings. The molecule has 0 unspecified atom stereocenters. The number of hydrogen-bond donors (Lipinski definition) is 2. The summed E-state index contributed by atoms with van der Waals surface area (Å²) in [7, 11) is 0. The van der Waals surface area contributed by atoms with Crippen molar-refractivity contribution in [2.75, 3.05) is 5.32 Å². The first-order valence-corrected chi connectivity index (χ1v) is 7.20. The van der Waals surface area contributed by atoms with E-state index in [2.05, 4.69) is 10.3 Å². The molecule has 0 spiro atoms. The Morgan fingerprint density at radius 3 is 2.57 bits per heavy atom.